The van der Waals surface area contributed by atoms with Gasteiger partial charge in [0.15, 0.2) is 5.69 Å². The van der Waals surface area contributed by atoms with Crippen LogP contribution < -0.4 is 5.56 Å². The van der Waals surface area contributed by atoms with Gasteiger partial charge in [-0.05, 0) is 25.5 Å². The maximum absolute atomic E-state index is 13.0. The topological polar surface area (TPSA) is 99.8 Å². The van der Waals surface area contributed by atoms with Crippen LogP contribution in [-0.2, 0) is 12.3 Å². The predicted octanol–water partition coefficient (Wildman–Crippen LogP) is 4.39. The van der Waals surface area contributed by atoms with E-state index >= 15 is 0 Å². The highest BCUT2D eigenvalue weighted by Crippen LogP contribution is 2.29. The zero-order chi connectivity index (χ0) is 22.1. The molecule has 160 valence electrons. The first-order valence-electron chi connectivity index (χ1n) is 10.0. The maximum atomic E-state index is 13.0. The molecule has 0 N–H and O–H groups in total. The third-order valence-corrected chi connectivity index (χ3v) is 6.02. The molecule has 0 unspecified atom stereocenters. The summed E-state index contributed by atoms with van der Waals surface area (Å²) in [6, 6.07) is 17.0. The molecule has 0 saturated heterocycles. The lowest BCUT2D eigenvalue weighted by molar-refractivity contribution is 0.392. The van der Waals surface area contributed by atoms with E-state index < -0.39 is 0 Å². The number of thioether (sulfide) groups is 1. The van der Waals surface area contributed by atoms with Crippen LogP contribution in [0.15, 0.2) is 73.6 Å². The number of hydrogen-bond donors (Lipinski definition) is 0. The van der Waals surface area contributed by atoms with Crippen LogP contribution in [0.5, 0.6) is 0 Å². The fraction of sp³-hybridized carbons (Fsp3) is 0.174. The monoisotopic (exact) mass is 445 g/mol. The zero-order valence-electron chi connectivity index (χ0n) is 17.5. The summed E-state index contributed by atoms with van der Waals surface area (Å²) in [6.45, 7) is 4.12. The van der Waals surface area contributed by atoms with Crippen molar-refractivity contribution in [3.8, 4) is 11.6 Å². The maximum Gasteiger partial charge on any atom is 0.277 e. The van der Waals surface area contributed by atoms with E-state index in [0.717, 1.165) is 22.6 Å². The molecule has 5 rings (SSSR count). The first-order valence-corrected chi connectivity index (χ1v) is 11.0. The number of aryl methyl sites for hydroxylation is 2. The molecule has 2 aromatic carbocycles. The molecule has 0 saturated carbocycles. The van der Waals surface area contributed by atoms with E-state index in [9.17, 15) is 4.79 Å². The molecule has 3 aromatic heterocycles. The Labute approximate surface area is 187 Å². The van der Waals surface area contributed by atoms with Gasteiger partial charge in [0.05, 0.1) is 17.6 Å². The molecule has 0 fully saturated rings. The zero-order valence-corrected chi connectivity index (χ0v) is 18.3. The minimum absolute atomic E-state index is 0.166. The van der Waals surface area contributed by atoms with Crippen molar-refractivity contribution in [2.45, 2.75) is 31.4 Å². The summed E-state index contributed by atoms with van der Waals surface area (Å²) in [7, 11) is 0. The standard InChI is InChI=1S/C23H19N5O3S/c1-14-19(15(2)31-27-14)13-32-23-25-24-21(30-23)20-17-10-6-7-11-18(17)22(29)28(26-20)12-16-8-4-3-5-9-16/h3-11H,12-13H2,1-2H3. The first-order chi connectivity index (χ1) is 15.6. The van der Waals surface area contributed by atoms with Crippen LogP contribution in [0.2, 0.25) is 0 Å². The number of fused-ring (bicyclic) bond motifs is 1. The largest absolute Gasteiger partial charge is 0.409 e. The van der Waals surface area contributed by atoms with Crippen molar-refractivity contribution in [3.05, 3.63) is 87.5 Å². The van der Waals surface area contributed by atoms with Crippen LogP contribution in [0.1, 0.15) is 22.6 Å². The summed E-state index contributed by atoms with van der Waals surface area (Å²) in [4.78, 5) is 13.0. The Morgan fingerprint density at radius 3 is 2.47 bits per heavy atom. The van der Waals surface area contributed by atoms with Crippen LogP contribution in [0, 0.1) is 13.8 Å². The summed E-state index contributed by atoms with van der Waals surface area (Å²) in [5.41, 5.74) is 3.14. The van der Waals surface area contributed by atoms with E-state index in [2.05, 4.69) is 20.5 Å². The van der Waals surface area contributed by atoms with Crippen molar-refractivity contribution < 1.29 is 8.94 Å². The van der Waals surface area contributed by atoms with E-state index in [1.54, 1.807) is 6.07 Å². The van der Waals surface area contributed by atoms with E-state index in [1.165, 1.54) is 16.4 Å². The van der Waals surface area contributed by atoms with Crippen molar-refractivity contribution in [2.24, 2.45) is 0 Å². The van der Waals surface area contributed by atoms with Gasteiger partial charge in [-0.15, -0.1) is 10.2 Å². The van der Waals surface area contributed by atoms with Crippen molar-refractivity contribution in [1.29, 1.82) is 0 Å². The van der Waals surface area contributed by atoms with Gasteiger partial charge in [0.25, 0.3) is 16.7 Å². The SMILES string of the molecule is Cc1noc(C)c1CSc1nnc(-c2nn(Cc3ccccc3)c(=O)c3ccccc23)o1. The molecule has 8 nitrogen and oxygen atoms in total. The summed E-state index contributed by atoms with van der Waals surface area (Å²) < 4.78 is 12.6. The molecular formula is C23H19N5O3S. The molecule has 0 amide bonds. The molecule has 0 aliphatic carbocycles. The fourth-order valence-corrected chi connectivity index (χ4v) is 4.38. The van der Waals surface area contributed by atoms with Gasteiger partial charge in [0.1, 0.15) is 5.76 Å². The summed E-state index contributed by atoms with van der Waals surface area (Å²) >= 11 is 1.40. The van der Waals surface area contributed by atoms with Gasteiger partial charge in [-0.25, -0.2) is 4.68 Å². The number of benzene rings is 2. The van der Waals surface area contributed by atoms with Crippen LogP contribution >= 0.6 is 11.8 Å². The van der Waals surface area contributed by atoms with Crippen molar-refractivity contribution in [3.63, 3.8) is 0 Å². The van der Waals surface area contributed by atoms with Crippen LogP contribution in [0.25, 0.3) is 22.4 Å². The lowest BCUT2D eigenvalue weighted by Gasteiger charge is -2.09. The smallest absolute Gasteiger partial charge is 0.277 e. The van der Waals surface area contributed by atoms with Gasteiger partial charge < -0.3 is 8.94 Å². The molecule has 0 aliphatic rings. The average Bonchev–Trinajstić information content (AvgIpc) is 3.41. The lowest BCUT2D eigenvalue weighted by atomic mass is 10.1. The molecule has 9 heteroatoms. The fourth-order valence-electron chi connectivity index (χ4n) is 3.46. The average molecular weight is 446 g/mol. The number of nitrogens with zero attached hydrogens (tertiary/aromatic N) is 5. The number of aromatic nitrogens is 5. The molecule has 0 aliphatic heterocycles. The highest BCUT2D eigenvalue weighted by atomic mass is 32.2. The summed E-state index contributed by atoms with van der Waals surface area (Å²) in [5.74, 6) is 1.64. The van der Waals surface area contributed by atoms with Gasteiger partial charge in [-0.1, -0.05) is 65.4 Å². The molecule has 0 atom stereocenters. The number of rotatable bonds is 6. The molecular weight excluding hydrogens is 426 g/mol. The van der Waals surface area contributed by atoms with Crippen molar-refractivity contribution in [2.75, 3.05) is 0 Å². The van der Waals surface area contributed by atoms with Gasteiger partial charge in [-0.3, -0.25) is 4.79 Å². The third-order valence-electron chi connectivity index (χ3n) is 5.17. The van der Waals surface area contributed by atoms with Crippen LogP contribution in [-0.4, -0.2) is 25.1 Å². The Morgan fingerprint density at radius 2 is 1.72 bits per heavy atom. The Bertz CT molecular complexity index is 1440. The Balaban J connectivity index is 1.51. The second-order valence-electron chi connectivity index (χ2n) is 7.31. The van der Waals surface area contributed by atoms with E-state index in [0.29, 0.717) is 34.0 Å². The van der Waals surface area contributed by atoms with E-state index in [4.69, 9.17) is 8.94 Å². The quantitative estimate of drug-likeness (QED) is 0.355. The second-order valence-corrected chi connectivity index (χ2v) is 8.23. The van der Waals surface area contributed by atoms with Gasteiger partial charge >= 0.3 is 0 Å². The Hall–Kier alpha value is -3.72. The molecule has 0 spiro atoms. The highest BCUT2D eigenvalue weighted by molar-refractivity contribution is 7.98. The van der Waals surface area contributed by atoms with E-state index in [-0.39, 0.29) is 11.4 Å². The second kappa shape index (κ2) is 8.43. The molecule has 5 aromatic rings. The van der Waals surface area contributed by atoms with Crippen molar-refractivity contribution >= 4 is 22.5 Å². The molecule has 32 heavy (non-hydrogen) atoms. The first kappa shape index (κ1) is 20.2. The summed E-state index contributed by atoms with van der Waals surface area (Å²) in [6.07, 6.45) is 0. The molecule has 3 heterocycles. The predicted molar refractivity (Wildman–Crippen MR) is 120 cm³/mol. The normalized spacial score (nSPS) is 11.3. The van der Waals surface area contributed by atoms with Crippen molar-refractivity contribution in [1.82, 2.24) is 25.1 Å². The van der Waals surface area contributed by atoms with Crippen LogP contribution in [0.4, 0.5) is 0 Å². The highest BCUT2D eigenvalue weighted by Gasteiger charge is 2.19. The van der Waals surface area contributed by atoms with Gasteiger partial charge in [0, 0.05) is 16.7 Å². The lowest BCUT2D eigenvalue weighted by Crippen LogP contribution is -2.24. The Morgan fingerprint density at radius 1 is 0.969 bits per heavy atom. The van der Waals surface area contributed by atoms with Crippen LogP contribution in [0.3, 0.4) is 0 Å². The summed E-state index contributed by atoms with van der Waals surface area (Å²) in [5, 5.41) is 18.6. The van der Waals surface area contributed by atoms with Gasteiger partial charge in [-0.2, -0.15) is 5.10 Å². The third kappa shape index (κ3) is 3.82. The van der Waals surface area contributed by atoms with Gasteiger partial charge in [0.2, 0.25) is 0 Å². The molecule has 0 bridgehead atoms. The van der Waals surface area contributed by atoms with E-state index in [1.807, 2.05) is 62.4 Å². The molecule has 0 radical (unpaired) electrons. The minimum atomic E-state index is -0.166. The number of hydrogen-bond acceptors (Lipinski definition) is 8. The minimum Gasteiger partial charge on any atom is -0.409 e. The Kier molecular flexibility index (Phi) is 5.32.